The molecule has 170 valence electrons. The normalized spacial score (nSPS) is 12.8. The summed E-state index contributed by atoms with van der Waals surface area (Å²) in [6, 6.07) is 3.61. The van der Waals surface area contributed by atoms with E-state index in [0.29, 0.717) is 0 Å². The zero-order valence-corrected chi connectivity index (χ0v) is 16.9. The fourth-order valence-electron chi connectivity index (χ4n) is 2.87. The standard InChI is InChI=1S/C18H19F3N8O3/c1-9(2)16-26-28(7-14(30)24-10-3-4-13(23)27(6-10)8-22)17(32)12-5-11(25-29(12)16)15(31)18(19,20)21/h3-6,8-9,15,22-23,31H,7H2,1-2H3,(H,24,30). The molecule has 0 aromatic carbocycles. The van der Waals surface area contributed by atoms with Crippen molar-refractivity contribution in [3.8, 4) is 0 Å². The fourth-order valence-corrected chi connectivity index (χ4v) is 2.87. The van der Waals surface area contributed by atoms with Crippen LogP contribution >= 0.6 is 0 Å². The van der Waals surface area contributed by atoms with E-state index in [0.717, 1.165) is 26.2 Å². The summed E-state index contributed by atoms with van der Waals surface area (Å²) in [5.41, 5.74) is -1.62. The molecule has 3 aromatic rings. The van der Waals surface area contributed by atoms with E-state index in [1.807, 2.05) is 0 Å². The Labute approximate surface area is 177 Å². The molecule has 0 bridgehead atoms. The molecule has 3 rings (SSSR count). The third-order valence-corrected chi connectivity index (χ3v) is 4.42. The first-order valence-electron chi connectivity index (χ1n) is 9.25. The van der Waals surface area contributed by atoms with Crippen molar-refractivity contribution < 1.29 is 23.1 Å². The summed E-state index contributed by atoms with van der Waals surface area (Å²) in [5.74, 6) is -0.921. The molecule has 0 aliphatic heterocycles. The van der Waals surface area contributed by atoms with Gasteiger partial charge in [-0.05, 0) is 18.2 Å². The maximum atomic E-state index is 12.9. The number of amides is 1. The highest BCUT2D eigenvalue weighted by Crippen LogP contribution is 2.32. The summed E-state index contributed by atoms with van der Waals surface area (Å²) in [7, 11) is 0. The second kappa shape index (κ2) is 8.37. The molecule has 0 fully saturated rings. The Morgan fingerprint density at radius 1 is 1.31 bits per heavy atom. The largest absolute Gasteiger partial charge is 0.420 e. The number of alkyl halides is 3. The molecule has 0 spiro atoms. The van der Waals surface area contributed by atoms with Gasteiger partial charge in [0.25, 0.3) is 5.56 Å². The fraction of sp³-hybridized carbons (Fsp3) is 0.333. The molecule has 0 aliphatic carbocycles. The van der Waals surface area contributed by atoms with Crippen molar-refractivity contribution in [3.63, 3.8) is 0 Å². The topological polar surface area (TPSA) is 154 Å². The van der Waals surface area contributed by atoms with Crippen molar-refractivity contribution >= 4 is 23.4 Å². The molecule has 3 aromatic heterocycles. The van der Waals surface area contributed by atoms with E-state index in [1.54, 1.807) is 13.8 Å². The number of carbonyl (C=O) groups is 1. The average molecular weight is 452 g/mol. The molecule has 0 saturated heterocycles. The molecule has 14 heteroatoms. The van der Waals surface area contributed by atoms with Crippen LogP contribution in [0.5, 0.6) is 0 Å². The number of aliphatic hydroxyl groups is 1. The molecule has 11 nitrogen and oxygen atoms in total. The SMILES string of the molecule is CC(C)c1nn(CC(=O)Nc2ccc(=N)n(C=N)c2)c(=O)c2cc(C(O)C(F)(F)F)nn12. The molecule has 0 radical (unpaired) electrons. The number of halogens is 3. The van der Waals surface area contributed by atoms with Crippen LogP contribution < -0.4 is 16.4 Å². The van der Waals surface area contributed by atoms with E-state index in [9.17, 15) is 27.9 Å². The van der Waals surface area contributed by atoms with Crippen LogP contribution in [0, 0.1) is 10.8 Å². The minimum atomic E-state index is -4.97. The van der Waals surface area contributed by atoms with Crippen LogP contribution in [0.15, 0.2) is 29.2 Å². The lowest BCUT2D eigenvalue weighted by atomic mass is 10.2. The van der Waals surface area contributed by atoms with E-state index in [1.165, 1.54) is 18.3 Å². The monoisotopic (exact) mass is 452 g/mol. The van der Waals surface area contributed by atoms with Crippen molar-refractivity contribution in [1.29, 1.82) is 10.8 Å². The second-order valence-corrected chi connectivity index (χ2v) is 7.17. The Hall–Kier alpha value is -3.81. The third-order valence-electron chi connectivity index (χ3n) is 4.42. The number of nitrogens with zero attached hydrogens (tertiary/aromatic N) is 5. The smallest absolute Gasteiger partial charge is 0.378 e. The number of pyridine rings is 1. The van der Waals surface area contributed by atoms with Gasteiger partial charge in [-0.25, -0.2) is 9.20 Å². The molecular weight excluding hydrogens is 433 g/mol. The van der Waals surface area contributed by atoms with Gasteiger partial charge in [-0.15, -0.1) is 0 Å². The molecule has 1 unspecified atom stereocenters. The third kappa shape index (κ3) is 4.44. The van der Waals surface area contributed by atoms with Gasteiger partial charge in [0.05, 0.1) is 12.0 Å². The maximum Gasteiger partial charge on any atom is 0.420 e. The highest BCUT2D eigenvalue weighted by Gasteiger charge is 2.41. The van der Waals surface area contributed by atoms with Crippen molar-refractivity contribution in [2.45, 2.75) is 38.6 Å². The maximum absolute atomic E-state index is 12.9. The predicted octanol–water partition coefficient (Wildman–Crippen LogP) is 0.985. The van der Waals surface area contributed by atoms with Gasteiger partial charge in [0.15, 0.2) is 11.9 Å². The van der Waals surface area contributed by atoms with E-state index in [-0.39, 0.29) is 28.4 Å². The highest BCUT2D eigenvalue weighted by atomic mass is 19.4. The van der Waals surface area contributed by atoms with Crippen LogP contribution in [0.4, 0.5) is 18.9 Å². The van der Waals surface area contributed by atoms with Crippen LogP contribution in [-0.2, 0) is 11.3 Å². The highest BCUT2D eigenvalue weighted by molar-refractivity contribution is 5.90. The Balaban J connectivity index is 1.98. The van der Waals surface area contributed by atoms with Crippen molar-refractivity contribution in [3.05, 3.63) is 51.8 Å². The Kier molecular flexibility index (Phi) is 5.98. The van der Waals surface area contributed by atoms with Gasteiger partial charge in [-0.1, -0.05) is 13.8 Å². The minimum Gasteiger partial charge on any atom is -0.378 e. The molecule has 4 N–H and O–H groups in total. The van der Waals surface area contributed by atoms with E-state index in [4.69, 9.17) is 10.8 Å². The summed E-state index contributed by atoms with van der Waals surface area (Å²) in [5, 5.41) is 34.6. The van der Waals surface area contributed by atoms with Crippen molar-refractivity contribution in [1.82, 2.24) is 24.0 Å². The van der Waals surface area contributed by atoms with Gasteiger partial charge in [0.1, 0.15) is 23.2 Å². The van der Waals surface area contributed by atoms with Crippen LogP contribution in [-0.4, -0.2) is 47.5 Å². The molecule has 0 aliphatic rings. The molecule has 0 saturated carbocycles. The van der Waals surface area contributed by atoms with Gasteiger partial charge >= 0.3 is 6.18 Å². The van der Waals surface area contributed by atoms with Crippen LogP contribution in [0.1, 0.15) is 37.4 Å². The van der Waals surface area contributed by atoms with Gasteiger partial charge in [-0.2, -0.15) is 23.4 Å². The number of rotatable bonds is 6. The summed E-state index contributed by atoms with van der Waals surface area (Å²) in [6.45, 7) is 2.80. The van der Waals surface area contributed by atoms with E-state index in [2.05, 4.69) is 15.5 Å². The van der Waals surface area contributed by atoms with Gasteiger partial charge in [0.2, 0.25) is 5.91 Å². The van der Waals surface area contributed by atoms with Gasteiger partial charge in [-0.3, -0.25) is 25.0 Å². The van der Waals surface area contributed by atoms with Crippen LogP contribution in [0.3, 0.4) is 0 Å². The molecular formula is C18H19F3N8O3. The first-order chi connectivity index (χ1) is 14.9. The number of anilines is 1. The summed E-state index contributed by atoms with van der Waals surface area (Å²) in [6.07, 6.45) is -5.64. The number of carbonyl (C=O) groups excluding carboxylic acids is 1. The minimum absolute atomic E-state index is 0.0143. The molecule has 32 heavy (non-hydrogen) atoms. The first kappa shape index (κ1) is 22.9. The predicted molar refractivity (Wildman–Crippen MR) is 105 cm³/mol. The quantitative estimate of drug-likeness (QED) is 0.324. The van der Waals surface area contributed by atoms with Crippen molar-refractivity contribution in [2.24, 2.45) is 0 Å². The summed E-state index contributed by atoms with van der Waals surface area (Å²) in [4.78, 5) is 25.2. The molecule has 3 heterocycles. The van der Waals surface area contributed by atoms with Gasteiger partial charge in [0, 0.05) is 12.1 Å². The number of hydrogen-bond donors (Lipinski definition) is 4. The lowest BCUT2D eigenvalue weighted by Gasteiger charge is -2.12. The number of hydrogen-bond acceptors (Lipinski definition) is 7. The average Bonchev–Trinajstić information content (AvgIpc) is 3.15. The van der Waals surface area contributed by atoms with Crippen LogP contribution in [0.25, 0.3) is 5.52 Å². The van der Waals surface area contributed by atoms with Crippen LogP contribution in [0.2, 0.25) is 0 Å². The number of aliphatic hydroxyl groups excluding tert-OH is 1. The lowest BCUT2D eigenvalue weighted by molar-refractivity contribution is -0.208. The summed E-state index contributed by atoms with van der Waals surface area (Å²) < 4.78 is 41.5. The van der Waals surface area contributed by atoms with Crippen molar-refractivity contribution in [2.75, 3.05) is 5.32 Å². The second-order valence-electron chi connectivity index (χ2n) is 7.17. The zero-order chi connectivity index (χ0) is 23.8. The Morgan fingerprint density at radius 3 is 2.59 bits per heavy atom. The summed E-state index contributed by atoms with van der Waals surface area (Å²) >= 11 is 0. The molecule has 1 atom stereocenters. The zero-order valence-electron chi connectivity index (χ0n) is 16.9. The lowest BCUT2D eigenvalue weighted by Crippen LogP contribution is -2.32. The first-order valence-corrected chi connectivity index (χ1v) is 9.25. The number of fused-ring (bicyclic) bond motifs is 1. The Bertz CT molecular complexity index is 1310. The number of aromatic nitrogens is 5. The van der Waals surface area contributed by atoms with E-state index < -0.39 is 36.0 Å². The molecule has 1 amide bonds. The Morgan fingerprint density at radius 2 is 2.00 bits per heavy atom. The van der Waals surface area contributed by atoms with E-state index >= 15 is 0 Å². The van der Waals surface area contributed by atoms with Gasteiger partial charge < -0.3 is 10.4 Å². The number of nitrogens with one attached hydrogen (secondary N) is 3.